The first-order chi connectivity index (χ1) is 10.1. The van der Waals surface area contributed by atoms with Crippen molar-refractivity contribution in [3.05, 3.63) is 47.5 Å². The van der Waals surface area contributed by atoms with E-state index in [0.29, 0.717) is 17.1 Å². The van der Waals surface area contributed by atoms with E-state index in [1.54, 1.807) is 20.3 Å². The van der Waals surface area contributed by atoms with E-state index in [2.05, 4.69) is 0 Å². The molecule has 0 aliphatic rings. The van der Waals surface area contributed by atoms with E-state index in [0.717, 1.165) is 16.7 Å². The Balaban J connectivity index is 2.77. The van der Waals surface area contributed by atoms with Crippen LogP contribution in [0.3, 0.4) is 0 Å². The van der Waals surface area contributed by atoms with Crippen molar-refractivity contribution in [1.29, 1.82) is 0 Å². The van der Waals surface area contributed by atoms with Gasteiger partial charge in [0.15, 0.2) is 0 Å². The van der Waals surface area contributed by atoms with Crippen LogP contribution in [0.5, 0.6) is 11.5 Å². The van der Waals surface area contributed by atoms with Crippen LogP contribution in [0.2, 0.25) is 0 Å². The number of carbonyl (C=O) groups is 1. The van der Waals surface area contributed by atoms with Gasteiger partial charge in [-0.3, -0.25) is 0 Å². The third-order valence-electron chi connectivity index (χ3n) is 3.28. The summed E-state index contributed by atoms with van der Waals surface area (Å²) in [6.07, 6.45) is 0. The Morgan fingerprint density at radius 3 is 2.10 bits per heavy atom. The predicted molar refractivity (Wildman–Crippen MR) is 81.1 cm³/mol. The number of rotatable bonds is 4. The summed E-state index contributed by atoms with van der Waals surface area (Å²) in [6.45, 7) is 1.96. The van der Waals surface area contributed by atoms with Crippen LogP contribution in [0.15, 0.2) is 36.4 Å². The molecule has 0 unspecified atom stereocenters. The molecule has 0 N–H and O–H groups in total. The maximum atomic E-state index is 12.0. The maximum absolute atomic E-state index is 12.0. The van der Waals surface area contributed by atoms with E-state index in [4.69, 9.17) is 14.2 Å². The van der Waals surface area contributed by atoms with Gasteiger partial charge in [-0.25, -0.2) is 4.79 Å². The molecule has 0 atom stereocenters. The molecule has 2 aromatic rings. The molecule has 0 spiro atoms. The van der Waals surface area contributed by atoms with Crippen molar-refractivity contribution in [2.75, 3.05) is 21.3 Å². The van der Waals surface area contributed by atoms with Crippen molar-refractivity contribution in [3.63, 3.8) is 0 Å². The second-order valence-corrected chi connectivity index (χ2v) is 4.58. The molecule has 0 aliphatic carbocycles. The largest absolute Gasteiger partial charge is 0.496 e. The van der Waals surface area contributed by atoms with Crippen molar-refractivity contribution < 1.29 is 19.0 Å². The molecule has 0 radical (unpaired) electrons. The summed E-state index contributed by atoms with van der Waals surface area (Å²) < 4.78 is 15.7. The van der Waals surface area contributed by atoms with Crippen molar-refractivity contribution >= 4 is 5.97 Å². The van der Waals surface area contributed by atoms with Crippen LogP contribution >= 0.6 is 0 Å². The number of carbonyl (C=O) groups excluding carboxylic acids is 1. The molecule has 4 nitrogen and oxygen atoms in total. The van der Waals surface area contributed by atoms with Crippen LogP contribution in [0.4, 0.5) is 0 Å². The molecular weight excluding hydrogens is 268 g/mol. The lowest BCUT2D eigenvalue weighted by atomic mass is 9.96. The van der Waals surface area contributed by atoms with Gasteiger partial charge in [0.05, 0.1) is 32.5 Å². The van der Waals surface area contributed by atoms with Gasteiger partial charge < -0.3 is 14.2 Å². The lowest BCUT2D eigenvalue weighted by molar-refractivity contribution is 0.0601. The number of hydrogen-bond donors (Lipinski definition) is 0. The molecule has 0 fully saturated rings. The van der Waals surface area contributed by atoms with Gasteiger partial charge in [0, 0.05) is 5.56 Å². The molecule has 110 valence electrons. The van der Waals surface area contributed by atoms with Crippen molar-refractivity contribution in [2.45, 2.75) is 6.92 Å². The Morgan fingerprint density at radius 2 is 1.57 bits per heavy atom. The number of ether oxygens (including phenoxy) is 3. The Hall–Kier alpha value is -2.49. The van der Waals surface area contributed by atoms with E-state index in [-0.39, 0.29) is 0 Å². The summed E-state index contributed by atoms with van der Waals surface area (Å²) in [5.74, 6) is 0.896. The molecule has 0 heterocycles. The van der Waals surface area contributed by atoms with E-state index < -0.39 is 5.97 Å². The first-order valence-electron chi connectivity index (χ1n) is 6.52. The van der Waals surface area contributed by atoms with Gasteiger partial charge in [-0.2, -0.15) is 0 Å². The second-order valence-electron chi connectivity index (χ2n) is 4.58. The molecule has 0 saturated heterocycles. The fourth-order valence-corrected chi connectivity index (χ4v) is 2.27. The second kappa shape index (κ2) is 6.31. The third-order valence-corrected chi connectivity index (χ3v) is 3.28. The molecule has 0 aromatic heterocycles. The molecule has 0 aliphatic heterocycles. The molecule has 0 bridgehead atoms. The molecule has 21 heavy (non-hydrogen) atoms. The van der Waals surface area contributed by atoms with Crippen LogP contribution in [0, 0.1) is 6.92 Å². The Bertz CT molecular complexity index is 640. The number of benzene rings is 2. The standard InChI is InChI=1S/C17H18O4/c1-11-8-9-12(17(18)21-4)13(10-11)16-14(19-2)6-5-7-15(16)20-3/h5-10H,1-4H3. The van der Waals surface area contributed by atoms with E-state index in [1.807, 2.05) is 37.3 Å². The number of hydrogen-bond acceptors (Lipinski definition) is 4. The fourth-order valence-electron chi connectivity index (χ4n) is 2.27. The molecule has 2 aromatic carbocycles. The zero-order valence-electron chi connectivity index (χ0n) is 12.6. The van der Waals surface area contributed by atoms with Gasteiger partial charge in [-0.1, -0.05) is 23.8 Å². The van der Waals surface area contributed by atoms with Crippen LogP contribution < -0.4 is 9.47 Å². The number of methoxy groups -OCH3 is 3. The van der Waals surface area contributed by atoms with Crippen LogP contribution in [-0.2, 0) is 4.74 Å². The summed E-state index contributed by atoms with van der Waals surface area (Å²) in [4.78, 5) is 12.0. The van der Waals surface area contributed by atoms with Crippen molar-refractivity contribution in [2.24, 2.45) is 0 Å². The SMILES string of the molecule is COC(=O)c1ccc(C)cc1-c1c(OC)cccc1OC. The predicted octanol–water partition coefficient (Wildman–Crippen LogP) is 3.47. The third kappa shape index (κ3) is 2.84. The molecule has 0 saturated carbocycles. The van der Waals surface area contributed by atoms with Crippen LogP contribution in [0.25, 0.3) is 11.1 Å². The van der Waals surface area contributed by atoms with Crippen LogP contribution in [-0.4, -0.2) is 27.3 Å². The highest BCUT2D eigenvalue weighted by Crippen LogP contribution is 2.40. The Kier molecular flexibility index (Phi) is 4.48. The Morgan fingerprint density at radius 1 is 0.952 bits per heavy atom. The van der Waals surface area contributed by atoms with E-state index >= 15 is 0 Å². The summed E-state index contributed by atoms with van der Waals surface area (Å²) in [7, 11) is 4.54. The number of aryl methyl sites for hydroxylation is 1. The van der Waals surface area contributed by atoms with Gasteiger partial charge in [-0.05, 0) is 25.1 Å². The summed E-state index contributed by atoms with van der Waals surface area (Å²) in [5, 5.41) is 0. The average molecular weight is 286 g/mol. The summed E-state index contributed by atoms with van der Waals surface area (Å²) in [6, 6.07) is 11.1. The summed E-state index contributed by atoms with van der Waals surface area (Å²) >= 11 is 0. The van der Waals surface area contributed by atoms with Gasteiger partial charge in [0.25, 0.3) is 0 Å². The molecular formula is C17H18O4. The minimum absolute atomic E-state index is 0.391. The van der Waals surface area contributed by atoms with Crippen LogP contribution in [0.1, 0.15) is 15.9 Å². The first-order valence-corrected chi connectivity index (χ1v) is 6.52. The number of esters is 1. The highest BCUT2D eigenvalue weighted by Gasteiger charge is 2.20. The minimum Gasteiger partial charge on any atom is -0.496 e. The lowest BCUT2D eigenvalue weighted by Crippen LogP contribution is -2.05. The smallest absolute Gasteiger partial charge is 0.338 e. The zero-order valence-corrected chi connectivity index (χ0v) is 12.6. The maximum Gasteiger partial charge on any atom is 0.338 e. The highest BCUT2D eigenvalue weighted by atomic mass is 16.5. The fraction of sp³-hybridized carbons (Fsp3) is 0.235. The molecule has 4 heteroatoms. The van der Waals surface area contributed by atoms with Gasteiger partial charge in [0.2, 0.25) is 0 Å². The molecule has 0 amide bonds. The first kappa shape index (κ1) is 14.9. The minimum atomic E-state index is -0.391. The van der Waals surface area contributed by atoms with E-state index in [9.17, 15) is 4.79 Å². The van der Waals surface area contributed by atoms with E-state index in [1.165, 1.54) is 7.11 Å². The van der Waals surface area contributed by atoms with Crippen molar-refractivity contribution in [1.82, 2.24) is 0 Å². The topological polar surface area (TPSA) is 44.8 Å². The van der Waals surface area contributed by atoms with Gasteiger partial charge in [0.1, 0.15) is 11.5 Å². The Labute approximate surface area is 124 Å². The average Bonchev–Trinajstić information content (AvgIpc) is 2.53. The van der Waals surface area contributed by atoms with Crippen molar-refractivity contribution in [3.8, 4) is 22.6 Å². The van der Waals surface area contributed by atoms with Gasteiger partial charge in [-0.15, -0.1) is 0 Å². The molecule has 2 rings (SSSR count). The zero-order chi connectivity index (χ0) is 15.4. The normalized spacial score (nSPS) is 10.1. The quantitative estimate of drug-likeness (QED) is 0.807. The highest BCUT2D eigenvalue weighted by molar-refractivity contribution is 5.99. The summed E-state index contributed by atoms with van der Waals surface area (Å²) in [5.41, 5.74) is 2.99. The monoisotopic (exact) mass is 286 g/mol. The van der Waals surface area contributed by atoms with Gasteiger partial charge >= 0.3 is 5.97 Å². The lowest BCUT2D eigenvalue weighted by Gasteiger charge is -2.16.